The highest BCUT2D eigenvalue weighted by Gasteiger charge is 2.57. The molecular formula is C18H15ClF3N5O2. The van der Waals surface area contributed by atoms with Crippen LogP contribution in [-0.4, -0.2) is 26.8 Å². The molecule has 0 radical (unpaired) electrons. The van der Waals surface area contributed by atoms with Gasteiger partial charge in [-0.25, -0.2) is 9.97 Å². The van der Waals surface area contributed by atoms with E-state index in [1.54, 1.807) is 19.9 Å². The van der Waals surface area contributed by atoms with Crippen LogP contribution in [0, 0.1) is 25.7 Å². The zero-order chi connectivity index (χ0) is 21.1. The Bertz CT molecular complexity index is 1010. The third kappa shape index (κ3) is 3.36. The molecule has 2 aliphatic rings. The number of nitrogens with one attached hydrogen (secondary N) is 2. The van der Waals surface area contributed by atoms with Gasteiger partial charge in [-0.3, -0.25) is 25.2 Å². The van der Waals surface area contributed by atoms with E-state index in [1.165, 1.54) is 0 Å². The lowest BCUT2D eigenvalue weighted by Crippen LogP contribution is -2.33. The molecule has 4 atom stereocenters. The Morgan fingerprint density at radius 3 is 2.14 bits per heavy atom. The molecule has 2 aromatic rings. The predicted octanol–water partition coefficient (Wildman–Crippen LogP) is 2.44. The quantitative estimate of drug-likeness (QED) is 0.717. The topological polar surface area (TPSA) is 96.9 Å². The lowest BCUT2D eigenvalue weighted by molar-refractivity contribution is -0.138. The number of hydrogen-bond donors (Lipinski definition) is 2. The Morgan fingerprint density at radius 2 is 1.59 bits per heavy atom. The minimum absolute atomic E-state index is 0.0615. The van der Waals surface area contributed by atoms with E-state index in [9.17, 15) is 22.8 Å². The van der Waals surface area contributed by atoms with E-state index >= 15 is 0 Å². The molecule has 0 unspecified atom stereocenters. The summed E-state index contributed by atoms with van der Waals surface area (Å²) in [5.74, 6) is -2.42. The fourth-order valence-electron chi connectivity index (χ4n) is 3.94. The molecule has 4 rings (SSSR count). The van der Waals surface area contributed by atoms with Gasteiger partial charge in [0.15, 0.2) is 0 Å². The zero-order valence-corrected chi connectivity index (χ0v) is 16.0. The van der Waals surface area contributed by atoms with Crippen molar-refractivity contribution in [2.45, 2.75) is 32.1 Å². The standard InChI is InChI=1S/C18H15ClF3N5O2/c1-6-3-7(2)25-15(24-6)14-11-10(16(28)27-17(11)29)13(26-14)12-9(19)4-8(5-23-12)18(20,21)22/h3-5,10-11,13-14,26H,1-2H3,(H,27,28,29)/t10-,11+,13+,14-/m1/s1. The van der Waals surface area contributed by atoms with Crippen molar-refractivity contribution in [3.8, 4) is 0 Å². The van der Waals surface area contributed by atoms with Crippen LogP contribution in [0.15, 0.2) is 18.3 Å². The van der Waals surface area contributed by atoms with Crippen molar-refractivity contribution < 1.29 is 22.8 Å². The monoisotopic (exact) mass is 425 g/mol. The van der Waals surface area contributed by atoms with Gasteiger partial charge < -0.3 is 0 Å². The van der Waals surface area contributed by atoms with Crippen LogP contribution in [0.3, 0.4) is 0 Å². The fourth-order valence-corrected chi connectivity index (χ4v) is 4.23. The first kappa shape index (κ1) is 19.7. The summed E-state index contributed by atoms with van der Waals surface area (Å²) < 4.78 is 38.8. The molecule has 2 aliphatic heterocycles. The maximum absolute atomic E-state index is 12.9. The average Bonchev–Trinajstić information content (AvgIpc) is 3.13. The molecule has 7 nitrogen and oxygen atoms in total. The van der Waals surface area contributed by atoms with Gasteiger partial charge in [0.1, 0.15) is 5.82 Å². The lowest BCUT2D eigenvalue weighted by atomic mass is 9.87. The SMILES string of the molecule is Cc1cc(C)nc([C@@H]2N[C@H](c3ncc(C(F)(F)F)cc3Cl)[C@@H]3C(=O)NC(=O)[C@@H]32)n1. The van der Waals surface area contributed by atoms with Gasteiger partial charge in [-0.05, 0) is 26.0 Å². The summed E-state index contributed by atoms with van der Waals surface area (Å²) in [7, 11) is 0. The number of aromatic nitrogens is 3. The zero-order valence-electron chi connectivity index (χ0n) is 15.2. The van der Waals surface area contributed by atoms with Crippen molar-refractivity contribution in [1.82, 2.24) is 25.6 Å². The van der Waals surface area contributed by atoms with Crippen LogP contribution in [0.25, 0.3) is 0 Å². The van der Waals surface area contributed by atoms with Crippen LogP contribution in [0.1, 0.15) is 40.6 Å². The number of alkyl halides is 3. The average molecular weight is 426 g/mol. The number of nitrogens with zero attached hydrogens (tertiary/aromatic N) is 3. The van der Waals surface area contributed by atoms with Crippen molar-refractivity contribution in [2.24, 2.45) is 11.8 Å². The highest BCUT2D eigenvalue weighted by atomic mass is 35.5. The third-order valence-electron chi connectivity index (χ3n) is 5.09. The van der Waals surface area contributed by atoms with Crippen molar-refractivity contribution >= 4 is 23.4 Å². The minimum atomic E-state index is -4.60. The number of halogens is 4. The highest BCUT2D eigenvalue weighted by molar-refractivity contribution is 6.31. The first-order valence-corrected chi connectivity index (χ1v) is 9.09. The molecule has 152 valence electrons. The smallest absolute Gasteiger partial charge is 0.298 e. The number of hydrogen-bond acceptors (Lipinski definition) is 6. The third-order valence-corrected chi connectivity index (χ3v) is 5.39. The maximum atomic E-state index is 12.9. The highest BCUT2D eigenvalue weighted by Crippen LogP contribution is 2.47. The molecule has 2 amide bonds. The van der Waals surface area contributed by atoms with Crippen LogP contribution in [-0.2, 0) is 15.8 Å². The van der Waals surface area contributed by atoms with E-state index in [4.69, 9.17) is 11.6 Å². The second-order valence-corrected chi connectivity index (χ2v) is 7.53. The van der Waals surface area contributed by atoms with Crippen molar-refractivity contribution in [1.29, 1.82) is 0 Å². The molecule has 0 spiro atoms. The number of rotatable bonds is 2. The number of amides is 2. The first-order valence-electron chi connectivity index (χ1n) is 8.72. The van der Waals surface area contributed by atoms with E-state index in [-0.39, 0.29) is 10.7 Å². The Hall–Kier alpha value is -2.59. The molecule has 4 heterocycles. The second-order valence-electron chi connectivity index (χ2n) is 7.12. The molecule has 2 saturated heterocycles. The molecule has 0 aliphatic carbocycles. The minimum Gasteiger partial charge on any atom is -0.298 e. The summed E-state index contributed by atoms with van der Waals surface area (Å²) in [5.41, 5.74) is 0.433. The van der Waals surface area contributed by atoms with E-state index in [2.05, 4.69) is 25.6 Å². The number of carbonyl (C=O) groups excluding carboxylic acids is 2. The summed E-state index contributed by atoms with van der Waals surface area (Å²) in [6.45, 7) is 3.55. The normalized spacial score (nSPS) is 26.6. The lowest BCUT2D eigenvalue weighted by Gasteiger charge is -2.19. The van der Waals surface area contributed by atoms with Gasteiger partial charge in [0.25, 0.3) is 0 Å². The van der Waals surface area contributed by atoms with Crippen molar-refractivity contribution in [3.05, 3.63) is 51.8 Å². The first-order chi connectivity index (χ1) is 13.6. The fraction of sp³-hybridized carbons (Fsp3) is 0.389. The molecule has 2 fully saturated rings. The molecular weight excluding hydrogens is 411 g/mol. The Kier molecular flexibility index (Phi) is 4.58. The molecule has 29 heavy (non-hydrogen) atoms. The van der Waals surface area contributed by atoms with Crippen LogP contribution in [0.4, 0.5) is 13.2 Å². The van der Waals surface area contributed by atoms with E-state index in [1.807, 2.05) is 0 Å². The largest absolute Gasteiger partial charge is 0.417 e. The van der Waals surface area contributed by atoms with Gasteiger partial charge in [-0.1, -0.05) is 11.6 Å². The molecule has 2 aromatic heterocycles. The van der Waals surface area contributed by atoms with Gasteiger partial charge in [0, 0.05) is 17.6 Å². The Labute approximate surface area is 168 Å². The van der Waals surface area contributed by atoms with Crippen LogP contribution in [0.2, 0.25) is 5.02 Å². The molecule has 0 bridgehead atoms. The maximum Gasteiger partial charge on any atom is 0.417 e. The molecule has 0 saturated carbocycles. The summed E-state index contributed by atoms with van der Waals surface area (Å²) >= 11 is 6.08. The molecule has 2 N–H and O–H groups in total. The summed E-state index contributed by atoms with van der Waals surface area (Å²) in [6, 6.07) is 0.947. The second kappa shape index (κ2) is 6.74. The van der Waals surface area contributed by atoms with Gasteiger partial charge >= 0.3 is 6.18 Å². The number of aryl methyl sites for hydroxylation is 2. The van der Waals surface area contributed by atoms with Gasteiger partial charge in [-0.2, -0.15) is 13.2 Å². The van der Waals surface area contributed by atoms with Crippen LogP contribution < -0.4 is 10.6 Å². The van der Waals surface area contributed by atoms with E-state index in [0.717, 1.165) is 6.07 Å². The summed E-state index contributed by atoms with van der Waals surface area (Å²) in [4.78, 5) is 37.5. The van der Waals surface area contributed by atoms with Crippen molar-refractivity contribution in [3.63, 3.8) is 0 Å². The van der Waals surface area contributed by atoms with E-state index in [0.29, 0.717) is 23.4 Å². The van der Waals surface area contributed by atoms with Gasteiger partial charge in [0.2, 0.25) is 11.8 Å². The van der Waals surface area contributed by atoms with Gasteiger partial charge in [-0.15, -0.1) is 0 Å². The molecule has 0 aromatic carbocycles. The van der Waals surface area contributed by atoms with Crippen LogP contribution in [0.5, 0.6) is 0 Å². The Balaban J connectivity index is 1.77. The number of imide groups is 1. The molecule has 11 heteroatoms. The summed E-state index contributed by atoms with van der Waals surface area (Å²) in [5, 5.41) is 5.14. The predicted molar refractivity (Wildman–Crippen MR) is 94.5 cm³/mol. The van der Waals surface area contributed by atoms with Crippen LogP contribution >= 0.6 is 11.6 Å². The number of pyridine rings is 1. The van der Waals surface area contributed by atoms with Gasteiger partial charge in [0.05, 0.1) is 40.2 Å². The number of carbonyl (C=O) groups is 2. The Morgan fingerprint density at radius 1 is 1.00 bits per heavy atom. The van der Waals surface area contributed by atoms with Crippen molar-refractivity contribution in [2.75, 3.05) is 0 Å². The number of fused-ring (bicyclic) bond motifs is 1. The summed E-state index contributed by atoms with van der Waals surface area (Å²) in [6.07, 6.45) is -3.94. The van der Waals surface area contributed by atoms with E-state index < -0.39 is 47.5 Å².